The molecule has 0 spiro atoms. The molecule has 4 N–H and O–H groups in total. The average Bonchev–Trinajstić information content (AvgIpc) is 2.32. The summed E-state index contributed by atoms with van der Waals surface area (Å²) in [4.78, 5) is 0. The van der Waals surface area contributed by atoms with Crippen LogP contribution in [0.5, 0.6) is 5.75 Å². The van der Waals surface area contributed by atoms with Gasteiger partial charge in [0.25, 0.3) is 0 Å². The summed E-state index contributed by atoms with van der Waals surface area (Å²) in [6.07, 6.45) is -1.60. The van der Waals surface area contributed by atoms with E-state index in [1.807, 2.05) is 0 Å². The van der Waals surface area contributed by atoms with Gasteiger partial charge in [-0.3, -0.25) is 0 Å². The summed E-state index contributed by atoms with van der Waals surface area (Å²) in [5.41, 5.74) is 0.127. The summed E-state index contributed by atoms with van der Waals surface area (Å²) in [5, 5.41) is 33.7. The van der Waals surface area contributed by atoms with Crippen molar-refractivity contribution < 1.29 is 67.1 Å². The molecule has 0 heterocycles. The number of halogens is 4. The summed E-state index contributed by atoms with van der Waals surface area (Å²) >= 11 is -3.06. The van der Waals surface area contributed by atoms with Crippen molar-refractivity contribution in [1.29, 1.82) is 0 Å². The van der Waals surface area contributed by atoms with Crippen molar-refractivity contribution in [2.24, 2.45) is 0 Å². The van der Waals surface area contributed by atoms with Crippen LogP contribution in [-0.2, 0) is 46.7 Å². The van der Waals surface area contributed by atoms with Crippen molar-refractivity contribution in [2.75, 3.05) is 6.61 Å². The van der Waals surface area contributed by atoms with Crippen LogP contribution in [0.15, 0.2) is 24.3 Å². The monoisotopic (exact) mass is 574 g/mol. The fourth-order valence-corrected chi connectivity index (χ4v) is 1.10. The number of aliphatic hydroxyl groups excluding tert-OH is 2. The average molecular weight is 572 g/mol. The predicted octanol–water partition coefficient (Wildman–Crippen LogP) is 1.75. The van der Waals surface area contributed by atoms with Crippen LogP contribution in [0.2, 0.25) is 0 Å². The van der Waals surface area contributed by atoms with Gasteiger partial charge in [-0.25, -0.2) is 0 Å². The van der Waals surface area contributed by atoms with E-state index in [1.54, 1.807) is 19.1 Å². The zero-order valence-electron chi connectivity index (χ0n) is 11.1. The Labute approximate surface area is 171 Å². The summed E-state index contributed by atoms with van der Waals surface area (Å²) in [5.74, 6) is -0.0995. The maximum absolute atomic E-state index is 9.27. The summed E-state index contributed by atoms with van der Waals surface area (Å²) in [7, 11) is 0. The van der Waals surface area contributed by atoms with E-state index in [0.717, 1.165) is 0 Å². The molecule has 13 heteroatoms. The van der Waals surface area contributed by atoms with Gasteiger partial charge in [-0.2, -0.15) is 0 Å². The Balaban J connectivity index is -0.0000000470. The number of phenols is 1. The fourth-order valence-electron chi connectivity index (χ4n) is 0.717. The third kappa shape index (κ3) is 25.9. The summed E-state index contributed by atoms with van der Waals surface area (Å²) in [6, 6.07) is 6.07. The first-order valence-corrected chi connectivity index (χ1v) is 7.82. The van der Waals surface area contributed by atoms with Crippen LogP contribution in [0.1, 0.15) is 18.8 Å². The van der Waals surface area contributed by atoms with E-state index in [9.17, 15) is 6.80 Å². The Morgan fingerprint density at radius 1 is 1.05 bits per heavy atom. The van der Waals surface area contributed by atoms with Crippen LogP contribution in [0.4, 0.5) is 0 Å². The molecule has 0 radical (unpaired) electrons. The molecule has 0 unspecified atom stereocenters. The Bertz CT molecular complexity index is 341. The molecule has 0 aliphatic carbocycles. The van der Waals surface area contributed by atoms with E-state index in [2.05, 4.69) is 2.04 Å². The van der Waals surface area contributed by atoms with Gasteiger partial charge in [0, 0.05) is 12.2 Å². The van der Waals surface area contributed by atoms with Gasteiger partial charge in [0.15, 0.2) is 6.29 Å². The van der Waals surface area contributed by atoms with Gasteiger partial charge in [0.05, 0.1) is 0 Å². The number of phenolic OH excluding ortho intramolecular Hbond substituents is 1. The molecule has 0 saturated carbocycles. The van der Waals surface area contributed by atoms with Crippen molar-refractivity contribution in [3.63, 3.8) is 0 Å². The minimum absolute atomic E-state index is 0. The molecule has 1 aromatic rings. The molecule has 0 amide bonds. The Morgan fingerprint density at radius 2 is 1.41 bits per heavy atom. The molecule has 0 aliphatic heterocycles. The van der Waals surface area contributed by atoms with Crippen LogP contribution in [-0.4, -0.2) is 27.0 Å². The van der Waals surface area contributed by atoms with Crippen LogP contribution >= 0.6 is 49.6 Å². The third-order valence-corrected chi connectivity index (χ3v) is 3.16. The van der Waals surface area contributed by atoms with Crippen molar-refractivity contribution in [3.05, 3.63) is 29.8 Å². The van der Waals surface area contributed by atoms with E-state index < -0.39 is 44.1 Å². The molecule has 0 atom stereocenters. The zero-order valence-corrected chi connectivity index (χ0v) is 18.3. The van der Waals surface area contributed by atoms with Gasteiger partial charge < -0.3 is 20.4 Å². The minimum atomic E-state index is -1.60. The van der Waals surface area contributed by atoms with E-state index in [1.165, 1.54) is 12.1 Å². The SMILES string of the molecule is CCO.Cl.Cl.Cl.Cl.Oc1ccccc1C(O)O.[O]=[Mo][O][Mo]=[O]. The Hall–Kier alpha value is 0.997. The molecule has 136 valence electrons. The second-order valence-corrected chi connectivity index (χ2v) is 5.44. The normalized spacial score (nSPS) is 6.95. The van der Waals surface area contributed by atoms with Gasteiger partial charge >= 0.3 is 46.7 Å². The zero-order chi connectivity index (χ0) is 14.4. The van der Waals surface area contributed by atoms with Crippen LogP contribution in [0.3, 0.4) is 0 Å². The van der Waals surface area contributed by atoms with Crippen LogP contribution < -0.4 is 0 Å². The first-order chi connectivity index (χ1) is 8.54. The molecule has 22 heavy (non-hydrogen) atoms. The Morgan fingerprint density at radius 3 is 1.59 bits per heavy atom. The van der Waals surface area contributed by atoms with Crippen LogP contribution in [0.25, 0.3) is 0 Å². The topological polar surface area (TPSA) is 124 Å². The second-order valence-electron chi connectivity index (χ2n) is 2.45. The quantitative estimate of drug-likeness (QED) is 0.322. The molecule has 0 aromatic heterocycles. The third-order valence-electron chi connectivity index (χ3n) is 1.27. The van der Waals surface area contributed by atoms with E-state index in [0.29, 0.717) is 0 Å². The molecule has 0 saturated heterocycles. The number of para-hydroxylation sites is 1. The van der Waals surface area contributed by atoms with E-state index >= 15 is 0 Å². The molecule has 1 aromatic carbocycles. The predicted molar refractivity (Wildman–Crippen MR) is 79.5 cm³/mol. The molecule has 0 aliphatic rings. The first-order valence-electron chi connectivity index (χ1n) is 4.55. The fraction of sp³-hybridized carbons (Fsp3) is 0.333. The number of hydrogen-bond donors (Lipinski definition) is 4. The molecule has 1 rings (SSSR count). The van der Waals surface area contributed by atoms with Gasteiger partial charge in [0.2, 0.25) is 0 Å². The van der Waals surface area contributed by atoms with Crippen molar-refractivity contribution in [1.82, 2.24) is 0 Å². The van der Waals surface area contributed by atoms with E-state index in [4.69, 9.17) is 20.4 Å². The van der Waals surface area contributed by atoms with E-state index in [-0.39, 0.29) is 67.5 Å². The molecule has 0 fully saturated rings. The maximum atomic E-state index is 9.27. The van der Waals surface area contributed by atoms with Crippen molar-refractivity contribution >= 4 is 49.6 Å². The van der Waals surface area contributed by atoms with Gasteiger partial charge in [0.1, 0.15) is 5.75 Å². The van der Waals surface area contributed by atoms with Gasteiger partial charge in [-0.1, -0.05) is 18.2 Å². The molecular formula is C9H18Cl4Mo2O7. The van der Waals surface area contributed by atoms with Gasteiger partial charge in [-0.05, 0) is 13.0 Å². The summed E-state index contributed by atoms with van der Waals surface area (Å²) < 4.78 is 22.5. The number of benzene rings is 1. The Kier molecular flexibility index (Phi) is 52.4. The number of aliphatic hydroxyl groups is 3. The second kappa shape index (κ2) is 29.9. The molecular weight excluding hydrogens is 554 g/mol. The standard InChI is InChI=1S/C7H8O3.C2H6O.4ClH.2Mo.3O/c8-6-4-2-1-3-5(6)7(9)10;1-2-3;;;;;;;;;/h1-4,7-10H;3H,2H2,1H3;4*1H;;;;;. The molecule has 7 nitrogen and oxygen atoms in total. The van der Waals surface area contributed by atoms with Crippen molar-refractivity contribution in [2.45, 2.75) is 13.2 Å². The molecule has 0 bridgehead atoms. The number of aromatic hydroxyl groups is 1. The number of hydrogen-bond acceptors (Lipinski definition) is 7. The van der Waals surface area contributed by atoms with Crippen molar-refractivity contribution in [3.8, 4) is 5.75 Å². The van der Waals surface area contributed by atoms with Gasteiger partial charge in [-0.15, -0.1) is 49.6 Å². The van der Waals surface area contributed by atoms with Crippen LogP contribution in [0, 0.1) is 0 Å². The summed E-state index contributed by atoms with van der Waals surface area (Å²) in [6.45, 7) is 1.93. The first kappa shape index (κ1) is 38.5. The number of rotatable bonds is 3.